The van der Waals surface area contributed by atoms with E-state index in [1.165, 1.54) is 12.8 Å². The Balaban J connectivity index is 1.82. The predicted octanol–water partition coefficient (Wildman–Crippen LogP) is 2.89. The first-order chi connectivity index (χ1) is 9.72. The first kappa shape index (κ1) is 15.4. The number of ether oxygens (including phenoxy) is 1. The second-order valence-corrected chi connectivity index (χ2v) is 6.29. The summed E-state index contributed by atoms with van der Waals surface area (Å²) in [7, 11) is 0. The molecule has 5 heteroatoms. The van der Waals surface area contributed by atoms with Gasteiger partial charge in [-0.3, -0.25) is 0 Å². The number of nitrogens with two attached hydrogens (primary N) is 1. The zero-order chi connectivity index (χ0) is 14.4. The van der Waals surface area contributed by atoms with Crippen LogP contribution in [-0.4, -0.2) is 41.9 Å². The van der Waals surface area contributed by atoms with Crippen molar-refractivity contribution in [3.63, 3.8) is 0 Å². The molecule has 20 heavy (non-hydrogen) atoms. The molecule has 4 nitrogen and oxygen atoms in total. The fraction of sp³-hybridized carbons (Fsp3) is 0.667. The Morgan fingerprint density at radius 3 is 2.75 bits per heavy atom. The van der Waals surface area contributed by atoms with Crippen molar-refractivity contribution in [3.05, 3.63) is 12.1 Å². The standard InChI is InChI=1S/C15H25N3OS/c1-3-18(4-2)9-10-20-14-8-7-13(16)15(17-14)19-11-12-5-6-12/h7-8,12H,3-6,9-11,16H2,1-2H3. The van der Waals surface area contributed by atoms with Gasteiger partial charge in [0.15, 0.2) is 0 Å². The maximum absolute atomic E-state index is 5.91. The number of nitrogens with zero attached hydrogens (tertiary/aromatic N) is 2. The minimum absolute atomic E-state index is 0.602. The van der Waals surface area contributed by atoms with E-state index in [1.807, 2.05) is 12.1 Å². The molecule has 0 radical (unpaired) electrons. The van der Waals surface area contributed by atoms with E-state index >= 15 is 0 Å². The third-order valence-electron chi connectivity index (χ3n) is 3.57. The van der Waals surface area contributed by atoms with Crippen molar-refractivity contribution in [2.75, 3.05) is 37.7 Å². The molecule has 1 aromatic rings. The zero-order valence-electron chi connectivity index (χ0n) is 12.5. The summed E-state index contributed by atoms with van der Waals surface area (Å²) in [6, 6.07) is 3.88. The van der Waals surface area contributed by atoms with Crippen LogP contribution < -0.4 is 10.5 Å². The first-order valence-electron chi connectivity index (χ1n) is 7.47. The normalized spacial score (nSPS) is 14.8. The third-order valence-corrected chi connectivity index (χ3v) is 4.48. The lowest BCUT2D eigenvalue weighted by Gasteiger charge is -2.17. The summed E-state index contributed by atoms with van der Waals surface area (Å²) in [6.45, 7) is 8.43. The molecule has 1 aliphatic carbocycles. The molecule has 0 unspecified atom stereocenters. The molecule has 1 heterocycles. The fourth-order valence-electron chi connectivity index (χ4n) is 1.93. The van der Waals surface area contributed by atoms with Gasteiger partial charge in [0.2, 0.25) is 5.88 Å². The van der Waals surface area contributed by atoms with Crippen LogP contribution in [-0.2, 0) is 0 Å². The van der Waals surface area contributed by atoms with Crippen molar-refractivity contribution in [1.29, 1.82) is 0 Å². The largest absolute Gasteiger partial charge is 0.476 e. The molecule has 0 bridgehead atoms. The zero-order valence-corrected chi connectivity index (χ0v) is 13.3. The summed E-state index contributed by atoms with van der Waals surface area (Å²) < 4.78 is 5.71. The van der Waals surface area contributed by atoms with Crippen LogP contribution in [0.1, 0.15) is 26.7 Å². The lowest BCUT2D eigenvalue weighted by molar-refractivity contribution is 0.288. The van der Waals surface area contributed by atoms with Gasteiger partial charge < -0.3 is 15.4 Å². The second-order valence-electron chi connectivity index (χ2n) is 5.17. The highest BCUT2D eigenvalue weighted by Crippen LogP contribution is 2.31. The van der Waals surface area contributed by atoms with Crippen molar-refractivity contribution >= 4 is 17.4 Å². The average Bonchev–Trinajstić information content (AvgIpc) is 3.28. The minimum Gasteiger partial charge on any atom is -0.476 e. The summed E-state index contributed by atoms with van der Waals surface area (Å²) in [5.41, 5.74) is 6.55. The molecule has 0 saturated heterocycles. The van der Waals surface area contributed by atoms with Gasteiger partial charge in [-0.15, -0.1) is 11.8 Å². The molecule has 0 aromatic carbocycles. The maximum Gasteiger partial charge on any atom is 0.238 e. The fourth-order valence-corrected chi connectivity index (χ4v) is 2.80. The molecule has 1 aliphatic rings. The number of pyridine rings is 1. The summed E-state index contributed by atoms with van der Waals surface area (Å²) in [5.74, 6) is 2.36. The maximum atomic E-state index is 5.91. The van der Waals surface area contributed by atoms with E-state index in [0.717, 1.165) is 42.9 Å². The van der Waals surface area contributed by atoms with Crippen LogP contribution in [0.25, 0.3) is 0 Å². The molecule has 0 aliphatic heterocycles. The lowest BCUT2D eigenvalue weighted by atomic mass is 10.4. The first-order valence-corrected chi connectivity index (χ1v) is 8.46. The van der Waals surface area contributed by atoms with E-state index in [4.69, 9.17) is 10.5 Å². The van der Waals surface area contributed by atoms with Crippen molar-refractivity contribution < 1.29 is 4.74 Å². The number of thioether (sulfide) groups is 1. The molecule has 1 aromatic heterocycles. The Morgan fingerprint density at radius 2 is 2.10 bits per heavy atom. The number of nitrogen functional groups attached to an aromatic ring is 1. The van der Waals surface area contributed by atoms with Gasteiger partial charge in [-0.2, -0.15) is 0 Å². The van der Waals surface area contributed by atoms with Gasteiger partial charge in [0.1, 0.15) is 5.03 Å². The minimum atomic E-state index is 0.602. The highest BCUT2D eigenvalue weighted by atomic mass is 32.2. The van der Waals surface area contributed by atoms with E-state index < -0.39 is 0 Å². The molecule has 1 saturated carbocycles. The Hall–Kier alpha value is -0.940. The van der Waals surface area contributed by atoms with Crippen molar-refractivity contribution in [2.45, 2.75) is 31.7 Å². The van der Waals surface area contributed by atoms with Gasteiger partial charge in [0, 0.05) is 12.3 Å². The number of hydrogen-bond donors (Lipinski definition) is 1. The monoisotopic (exact) mass is 295 g/mol. The number of rotatable bonds is 9. The van der Waals surface area contributed by atoms with Crippen molar-refractivity contribution in [1.82, 2.24) is 9.88 Å². The van der Waals surface area contributed by atoms with Gasteiger partial charge >= 0.3 is 0 Å². The molecule has 112 valence electrons. The van der Waals surface area contributed by atoms with Crippen LogP contribution in [0.2, 0.25) is 0 Å². The number of hydrogen-bond acceptors (Lipinski definition) is 5. The predicted molar refractivity (Wildman–Crippen MR) is 85.4 cm³/mol. The lowest BCUT2D eigenvalue weighted by Crippen LogP contribution is -2.25. The molecule has 2 N–H and O–H groups in total. The molecular weight excluding hydrogens is 270 g/mol. The van der Waals surface area contributed by atoms with Crippen LogP contribution >= 0.6 is 11.8 Å². The van der Waals surface area contributed by atoms with Crippen molar-refractivity contribution in [2.24, 2.45) is 5.92 Å². The van der Waals surface area contributed by atoms with E-state index in [1.54, 1.807) is 11.8 Å². The molecule has 0 atom stereocenters. The van der Waals surface area contributed by atoms with E-state index in [-0.39, 0.29) is 0 Å². The summed E-state index contributed by atoms with van der Waals surface area (Å²) in [6.07, 6.45) is 2.55. The SMILES string of the molecule is CCN(CC)CCSc1ccc(N)c(OCC2CC2)n1. The van der Waals surface area contributed by atoms with Crippen LogP contribution in [0.15, 0.2) is 17.2 Å². The van der Waals surface area contributed by atoms with E-state index in [9.17, 15) is 0 Å². The van der Waals surface area contributed by atoms with Crippen LogP contribution in [0.4, 0.5) is 5.69 Å². The van der Waals surface area contributed by atoms with Crippen molar-refractivity contribution in [3.8, 4) is 5.88 Å². The van der Waals surface area contributed by atoms with Gasteiger partial charge in [-0.05, 0) is 44.0 Å². The van der Waals surface area contributed by atoms with Crippen LogP contribution in [0, 0.1) is 5.92 Å². The Bertz CT molecular complexity index is 420. The molecule has 1 fully saturated rings. The van der Waals surface area contributed by atoms with Crippen LogP contribution in [0.5, 0.6) is 5.88 Å². The Kier molecular flexibility index (Phi) is 5.98. The summed E-state index contributed by atoms with van der Waals surface area (Å²) >= 11 is 1.76. The second kappa shape index (κ2) is 7.74. The third kappa shape index (κ3) is 4.87. The van der Waals surface area contributed by atoms with Gasteiger partial charge in [-0.25, -0.2) is 4.98 Å². The number of anilines is 1. The Labute approximate surface area is 126 Å². The summed E-state index contributed by atoms with van der Waals surface area (Å²) in [5, 5.41) is 0.997. The van der Waals surface area contributed by atoms with E-state index in [2.05, 4.69) is 23.7 Å². The molecule has 2 rings (SSSR count). The smallest absolute Gasteiger partial charge is 0.238 e. The molecular formula is C15H25N3OS. The summed E-state index contributed by atoms with van der Waals surface area (Å²) in [4.78, 5) is 6.93. The topological polar surface area (TPSA) is 51.4 Å². The van der Waals surface area contributed by atoms with Gasteiger partial charge in [0.05, 0.1) is 12.3 Å². The molecule has 0 amide bonds. The van der Waals surface area contributed by atoms with Gasteiger partial charge in [0.25, 0.3) is 0 Å². The molecule has 0 spiro atoms. The number of aromatic nitrogens is 1. The highest BCUT2D eigenvalue weighted by molar-refractivity contribution is 7.99. The Morgan fingerprint density at radius 1 is 1.35 bits per heavy atom. The van der Waals surface area contributed by atoms with E-state index in [0.29, 0.717) is 11.6 Å². The van der Waals surface area contributed by atoms with Crippen LogP contribution in [0.3, 0.4) is 0 Å². The highest BCUT2D eigenvalue weighted by Gasteiger charge is 2.22. The van der Waals surface area contributed by atoms with Gasteiger partial charge in [-0.1, -0.05) is 13.8 Å². The quantitative estimate of drug-likeness (QED) is 0.710. The average molecular weight is 295 g/mol.